The van der Waals surface area contributed by atoms with Crippen LogP contribution in [-0.4, -0.2) is 16.0 Å². The number of hydrogen-bond acceptors (Lipinski definition) is 4. The predicted molar refractivity (Wildman–Crippen MR) is 71.4 cm³/mol. The van der Waals surface area contributed by atoms with Crippen LogP contribution in [0.1, 0.15) is 19.7 Å². The smallest absolute Gasteiger partial charge is 0.246 e. The van der Waals surface area contributed by atoms with Crippen molar-refractivity contribution >= 4 is 17.5 Å². The monoisotopic (exact) mass is 279 g/mol. The van der Waals surface area contributed by atoms with Crippen molar-refractivity contribution in [2.75, 3.05) is 0 Å². The van der Waals surface area contributed by atoms with Crippen molar-refractivity contribution in [2.24, 2.45) is 5.92 Å². The molecule has 1 N–H and O–H groups in total. The number of halogens is 1. The van der Waals surface area contributed by atoms with E-state index in [1.807, 2.05) is 32.0 Å². The summed E-state index contributed by atoms with van der Waals surface area (Å²) in [6, 6.07) is 7.24. The fourth-order valence-corrected chi connectivity index (χ4v) is 1.67. The molecule has 0 aliphatic heterocycles. The van der Waals surface area contributed by atoms with Crippen molar-refractivity contribution < 1.29 is 9.32 Å². The molecule has 0 bridgehead atoms. The molecule has 0 radical (unpaired) electrons. The van der Waals surface area contributed by atoms with Crippen LogP contribution in [0.3, 0.4) is 0 Å². The molecule has 0 fully saturated rings. The lowest BCUT2D eigenvalue weighted by Gasteiger charge is -2.03. The Morgan fingerprint density at radius 3 is 2.84 bits per heavy atom. The first-order valence-electron chi connectivity index (χ1n) is 5.93. The average molecular weight is 280 g/mol. The summed E-state index contributed by atoms with van der Waals surface area (Å²) in [5.74, 6) is 0.631. The molecule has 100 valence electrons. The second-order valence-electron chi connectivity index (χ2n) is 4.36. The zero-order valence-corrected chi connectivity index (χ0v) is 11.4. The molecule has 0 aliphatic rings. The molecule has 19 heavy (non-hydrogen) atoms. The predicted octanol–water partition coefficient (Wildman–Crippen LogP) is 2.66. The van der Waals surface area contributed by atoms with Gasteiger partial charge in [-0.05, 0) is 12.1 Å². The third-order valence-electron chi connectivity index (χ3n) is 2.52. The number of rotatable bonds is 4. The Labute approximate surface area is 116 Å². The highest BCUT2D eigenvalue weighted by Gasteiger charge is 2.13. The Hall–Kier alpha value is -1.88. The van der Waals surface area contributed by atoms with Crippen LogP contribution in [-0.2, 0) is 11.3 Å². The third-order valence-corrected chi connectivity index (χ3v) is 2.85. The summed E-state index contributed by atoms with van der Waals surface area (Å²) in [7, 11) is 0. The van der Waals surface area contributed by atoms with Gasteiger partial charge in [0.05, 0.1) is 11.6 Å². The van der Waals surface area contributed by atoms with E-state index < -0.39 is 0 Å². The van der Waals surface area contributed by atoms with Crippen LogP contribution >= 0.6 is 11.6 Å². The molecule has 2 rings (SSSR count). The van der Waals surface area contributed by atoms with Crippen molar-refractivity contribution in [3.63, 3.8) is 0 Å². The Morgan fingerprint density at radius 1 is 1.42 bits per heavy atom. The van der Waals surface area contributed by atoms with Gasteiger partial charge in [0.2, 0.25) is 17.6 Å². The molecule has 0 saturated heterocycles. The molecule has 0 aliphatic carbocycles. The van der Waals surface area contributed by atoms with Gasteiger partial charge in [-0.2, -0.15) is 4.98 Å². The van der Waals surface area contributed by atoms with Crippen LogP contribution in [0.25, 0.3) is 11.4 Å². The van der Waals surface area contributed by atoms with Crippen molar-refractivity contribution in [3.05, 3.63) is 35.2 Å². The first-order chi connectivity index (χ1) is 9.08. The minimum absolute atomic E-state index is 0.0579. The molecule has 0 unspecified atom stereocenters. The lowest BCUT2D eigenvalue weighted by molar-refractivity contribution is -0.124. The maximum atomic E-state index is 11.4. The molecular formula is C13H14ClN3O2. The summed E-state index contributed by atoms with van der Waals surface area (Å²) in [5.41, 5.74) is 0.703. The van der Waals surface area contributed by atoms with E-state index in [9.17, 15) is 4.79 Å². The van der Waals surface area contributed by atoms with Gasteiger partial charge in [0.15, 0.2) is 0 Å². The van der Waals surface area contributed by atoms with Crippen molar-refractivity contribution in [1.29, 1.82) is 0 Å². The van der Waals surface area contributed by atoms with Gasteiger partial charge in [-0.3, -0.25) is 4.79 Å². The van der Waals surface area contributed by atoms with Gasteiger partial charge in [0, 0.05) is 11.5 Å². The summed E-state index contributed by atoms with van der Waals surface area (Å²) in [4.78, 5) is 15.6. The molecule has 0 atom stereocenters. The van der Waals surface area contributed by atoms with Gasteiger partial charge < -0.3 is 9.84 Å². The lowest BCUT2D eigenvalue weighted by atomic mass is 10.2. The van der Waals surface area contributed by atoms with Crippen LogP contribution in [0, 0.1) is 5.92 Å². The van der Waals surface area contributed by atoms with E-state index in [1.165, 1.54) is 0 Å². The summed E-state index contributed by atoms with van der Waals surface area (Å²) < 4.78 is 5.07. The number of nitrogens with zero attached hydrogens (tertiary/aromatic N) is 2. The fourth-order valence-electron chi connectivity index (χ4n) is 1.45. The topological polar surface area (TPSA) is 68.0 Å². The van der Waals surface area contributed by atoms with Crippen LogP contribution in [0.15, 0.2) is 28.8 Å². The molecule has 1 heterocycles. The molecule has 2 aromatic rings. The molecule has 1 aromatic heterocycles. The zero-order valence-electron chi connectivity index (χ0n) is 10.7. The summed E-state index contributed by atoms with van der Waals surface area (Å²) in [6.07, 6.45) is 0. The second-order valence-corrected chi connectivity index (χ2v) is 4.77. The Balaban J connectivity index is 2.08. The average Bonchev–Trinajstić information content (AvgIpc) is 2.85. The minimum Gasteiger partial charge on any atom is -0.347 e. The Kier molecular flexibility index (Phi) is 4.16. The van der Waals surface area contributed by atoms with E-state index in [-0.39, 0.29) is 18.4 Å². The first kappa shape index (κ1) is 13.5. The quantitative estimate of drug-likeness (QED) is 0.934. The van der Waals surface area contributed by atoms with Gasteiger partial charge in [-0.15, -0.1) is 0 Å². The van der Waals surface area contributed by atoms with E-state index in [1.54, 1.807) is 6.07 Å². The molecule has 1 amide bonds. The zero-order chi connectivity index (χ0) is 13.8. The fraction of sp³-hybridized carbons (Fsp3) is 0.308. The Bertz CT molecular complexity index is 581. The largest absolute Gasteiger partial charge is 0.347 e. The van der Waals surface area contributed by atoms with E-state index in [2.05, 4.69) is 15.5 Å². The molecule has 0 saturated carbocycles. The molecule has 1 aromatic carbocycles. The highest BCUT2D eigenvalue weighted by atomic mass is 35.5. The minimum atomic E-state index is -0.0778. The molecule has 0 spiro atoms. The normalized spacial score (nSPS) is 10.7. The van der Waals surface area contributed by atoms with Gasteiger partial charge in [-0.1, -0.05) is 42.7 Å². The van der Waals surface area contributed by atoms with Crippen molar-refractivity contribution in [1.82, 2.24) is 15.5 Å². The van der Waals surface area contributed by atoms with Gasteiger partial charge in [-0.25, -0.2) is 0 Å². The van der Waals surface area contributed by atoms with Crippen LogP contribution < -0.4 is 5.32 Å². The van der Waals surface area contributed by atoms with E-state index in [0.717, 1.165) is 0 Å². The van der Waals surface area contributed by atoms with Crippen molar-refractivity contribution in [2.45, 2.75) is 20.4 Å². The standard InChI is InChI=1S/C13H14ClN3O2/c1-8(2)13(18)15-7-11-16-12(17-19-11)9-5-3-4-6-10(9)14/h3-6,8H,7H2,1-2H3,(H,15,18). The number of carbonyl (C=O) groups excluding carboxylic acids is 1. The highest BCUT2D eigenvalue weighted by molar-refractivity contribution is 6.33. The highest BCUT2D eigenvalue weighted by Crippen LogP contribution is 2.24. The summed E-state index contributed by atoms with van der Waals surface area (Å²) in [5, 5.41) is 7.11. The van der Waals surface area contributed by atoms with E-state index >= 15 is 0 Å². The number of benzene rings is 1. The van der Waals surface area contributed by atoms with E-state index in [4.69, 9.17) is 16.1 Å². The van der Waals surface area contributed by atoms with E-state index in [0.29, 0.717) is 22.3 Å². The number of carbonyl (C=O) groups is 1. The molecular weight excluding hydrogens is 266 g/mol. The van der Waals surface area contributed by atoms with Gasteiger partial charge in [0.1, 0.15) is 0 Å². The van der Waals surface area contributed by atoms with Crippen molar-refractivity contribution in [3.8, 4) is 11.4 Å². The number of amides is 1. The number of nitrogens with one attached hydrogen (secondary N) is 1. The number of hydrogen-bond donors (Lipinski definition) is 1. The molecule has 6 heteroatoms. The van der Waals surface area contributed by atoms with Gasteiger partial charge >= 0.3 is 0 Å². The summed E-state index contributed by atoms with van der Waals surface area (Å²) >= 11 is 6.05. The van der Waals surface area contributed by atoms with Crippen LogP contribution in [0.4, 0.5) is 0 Å². The molecule has 5 nitrogen and oxygen atoms in total. The Morgan fingerprint density at radius 2 is 2.16 bits per heavy atom. The lowest BCUT2D eigenvalue weighted by Crippen LogP contribution is -2.27. The second kappa shape index (κ2) is 5.84. The third kappa shape index (κ3) is 3.32. The van der Waals surface area contributed by atoms with Gasteiger partial charge in [0.25, 0.3) is 0 Å². The SMILES string of the molecule is CC(C)C(=O)NCc1nc(-c2ccccc2Cl)no1. The van der Waals surface area contributed by atoms with Crippen LogP contribution in [0.2, 0.25) is 5.02 Å². The first-order valence-corrected chi connectivity index (χ1v) is 6.31. The summed E-state index contributed by atoms with van der Waals surface area (Å²) in [6.45, 7) is 3.85. The maximum absolute atomic E-state index is 11.4. The van der Waals surface area contributed by atoms with Crippen LogP contribution in [0.5, 0.6) is 0 Å². The number of aromatic nitrogens is 2. The maximum Gasteiger partial charge on any atom is 0.246 e.